The van der Waals surface area contributed by atoms with Crippen LogP contribution in [0.2, 0.25) is 0 Å². The molecule has 2 heteroatoms. The lowest BCUT2D eigenvalue weighted by Gasteiger charge is -2.02. The standard InChI is InChI=1S/C9H17NO/c1-8(2)11-10-7-9-5-3-4-6-9/h7-9H,3-6H2,1-2H3. The largest absolute Gasteiger partial charge is 0.393 e. The summed E-state index contributed by atoms with van der Waals surface area (Å²) in [6.45, 7) is 3.98. The molecule has 1 fully saturated rings. The zero-order chi connectivity index (χ0) is 8.10. The second-order valence-corrected chi connectivity index (χ2v) is 3.45. The Bertz CT molecular complexity index is 126. The normalized spacial score (nSPS) is 20.3. The third-order valence-corrected chi connectivity index (χ3v) is 1.94. The summed E-state index contributed by atoms with van der Waals surface area (Å²) in [4.78, 5) is 5.07. The Morgan fingerprint density at radius 1 is 1.36 bits per heavy atom. The topological polar surface area (TPSA) is 21.6 Å². The first-order valence-electron chi connectivity index (χ1n) is 4.48. The Labute approximate surface area is 68.6 Å². The maximum Gasteiger partial charge on any atom is 0.121 e. The highest BCUT2D eigenvalue weighted by Crippen LogP contribution is 2.22. The zero-order valence-corrected chi connectivity index (χ0v) is 7.42. The van der Waals surface area contributed by atoms with E-state index in [2.05, 4.69) is 5.16 Å². The molecular weight excluding hydrogens is 138 g/mol. The van der Waals surface area contributed by atoms with Gasteiger partial charge in [-0.2, -0.15) is 0 Å². The highest BCUT2D eigenvalue weighted by molar-refractivity contribution is 5.60. The van der Waals surface area contributed by atoms with Gasteiger partial charge in [-0.3, -0.25) is 0 Å². The summed E-state index contributed by atoms with van der Waals surface area (Å²) in [6, 6.07) is 0. The first-order chi connectivity index (χ1) is 5.29. The summed E-state index contributed by atoms with van der Waals surface area (Å²) in [5.74, 6) is 0.689. The summed E-state index contributed by atoms with van der Waals surface area (Å²) in [6.07, 6.45) is 7.49. The minimum Gasteiger partial charge on any atom is -0.393 e. The Morgan fingerprint density at radius 3 is 2.55 bits per heavy atom. The van der Waals surface area contributed by atoms with Crippen LogP contribution in [-0.2, 0) is 4.84 Å². The van der Waals surface area contributed by atoms with Crippen molar-refractivity contribution in [2.75, 3.05) is 0 Å². The van der Waals surface area contributed by atoms with E-state index in [1.54, 1.807) is 0 Å². The van der Waals surface area contributed by atoms with E-state index in [4.69, 9.17) is 4.84 Å². The molecule has 1 aliphatic rings. The third kappa shape index (κ3) is 3.40. The molecule has 0 aromatic carbocycles. The van der Waals surface area contributed by atoms with Gasteiger partial charge >= 0.3 is 0 Å². The van der Waals surface area contributed by atoms with Crippen LogP contribution in [0, 0.1) is 5.92 Å². The molecule has 11 heavy (non-hydrogen) atoms. The van der Waals surface area contributed by atoms with Gasteiger partial charge in [0.05, 0.1) is 0 Å². The summed E-state index contributed by atoms with van der Waals surface area (Å²) in [7, 11) is 0. The van der Waals surface area contributed by atoms with Gasteiger partial charge in [0.15, 0.2) is 0 Å². The predicted octanol–water partition coefficient (Wildman–Crippen LogP) is 2.59. The van der Waals surface area contributed by atoms with Crippen molar-refractivity contribution in [1.82, 2.24) is 0 Å². The maximum absolute atomic E-state index is 5.07. The summed E-state index contributed by atoms with van der Waals surface area (Å²) in [5, 5.41) is 3.93. The molecule has 0 N–H and O–H groups in total. The average Bonchev–Trinajstić information content (AvgIpc) is 2.39. The van der Waals surface area contributed by atoms with Crippen molar-refractivity contribution in [1.29, 1.82) is 0 Å². The molecule has 0 heterocycles. The van der Waals surface area contributed by atoms with E-state index in [0.717, 1.165) is 0 Å². The van der Waals surface area contributed by atoms with Crippen LogP contribution in [0.3, 0.4) is 0 Å². The minimum atomic E-state index is 0.215. The Morgan fingerprint density at radius 2 is 2.00 bits per heavy atom. The molecule has 0 aliphatic heterocycles. The SMILES string of the molecule is CC(C)ON=CC1CCCC1. The van der Waals surface area contributed by atoms with Crippen LogP contribution in [0.25, 0.3) is 0 Å². The lowest BCUT2D eigenvalue weighted by molar-refractivity contribution is 0.0861. The van der Waals surface area contributed by atoms with E-state index in [0.29, 0.717) is 5.92 Å². The van der Waals surface area contributed by atoms with E-state index in [1.165, 1.54) is 25.7 Å². The van der Waals surface area contributed by atoms with Gasteiger partial charge in [0, 0.05) is 6.21 Å². The van der Waals surface area contributed by atoms with E-state index in [1.807, 2.05) is 20.1 Å². The molecule has 0 saturated heterocycles. The monoisotopic (exact) mass is 155 g/mol. The Hall–Kier alpha value is -0.530. The molecule has 0 aromatic rings. The molecule has 0 unspecified atom stereocenters. The lowest BCUT2D eigenvalue weighted by Crippen LogP contribution is -1.99. The van der Waals surface area contributed by atoms with Crippen LogP contribution in [0.5, 0.6) is 0 Å². The second kappa shape index (κ2) is 4.37. The van der Waals surface area contributed by atoms with Gasteiger partial charge < -0.3 is 4.84 Å². The van der Waals surface area contributed by atoms with E-state index in [9.17, 15) is 0 Å². The Kier molecular flexibility index (Phi) is 3.40. The van der Waals surface area contributed by atoms with Crippen molar-refractivity contribution in [3.63, 3.8) is 0 Å². The molecule has 1 aliphatic carbocycles. The van der Waals surface area contributed by atoms with Crippen LogP contribution in [0.1, 0.15) is 39.5 Å². The summed E-state index contributed by atoms with van der Waals surface area (Å²) >= 11 is 0. The van der Waals surface area contributed by atoms with Crippen molar-refractivity contribution in [2.45, 2.75) is 45.6 Å². The fraction of sp³-hybridized carbons (Fsp3) is 0.889. The van der Waals surface area contributed by atoms with Gasteiger partial charge in [-0.1, -0.05) is 18.0 Å². The van der Waals surface area contributed by atoms with Crippen molar-refractivity contribution in [2.24, 2.45) is 11.1 Å². The van der Waals surface area contributed by atoms with Gasteiger partial charge in [0.25, 0.3) is 0 Å². The van der Waals surface area contributed by atoms with Gasteiger partial charge in [0.2, 0.25) is 0 Å². The fourth-order valence-electron chi connectivity index (χ4n) is 1.35. The summed E-state index contributed by atoms with van der Waals surface area (Å²) < 4.78 is 0. The molecule has 0 radical (unpaired) electrons. The van der Waals surface area contributed by atoms with Crippen LogP contribution < -0.4 is 0 Å². The van der Waals surface area contributed by atoms with Crippen LogP contribution in [0.4, 0.5) is 0 Å². The quantitative estimate of drug-likeness (QED) is 0.453. The first-order valence-corrected chi connectivity index (χ1v) is 4.48. The number of nitrogens with zero attached hydrogens (tertiary/aromatic N) is 1. The molecule has 0 aromatic heterocycles. The highest BCUT2D eigenvalue weighted by Gasteiger charge is 2.12. The van der Waals surface area contributed by atoms with E-state index in [-0.39, 0.29) is 6.10 Å². The average molecular weight is 155 g/mol. The van der Waals surface area contributed by atoms with Crippen LogP contribution in [0.15, 0.2) is 5.16 Å². The number of rotatable bonds is 3. The highest BCUT2D eigenvalue weighted by atomic mass is 16.6. The zero-order valence-electron chi connectivity index (χ0n) is 7.42. The van der Waals surface area contributed by atoms with E-state index >= 15 is 0 Å². The smallest absolute Gasteiger partial charge is 0.121 e. The van der Waals surface area contributed by atoms with Gasteiger partial charge in [-0.15, -0.1) is 0 Å². The maximum atomic E-state index is 5.07. The molecule has 1 rings (SSSR count). The van der Waals surface area contributed by atoms with Gasteiger partial charge in [-0.25, -0.2) is 0 Å². The fourth-order valence-corrected chi connectivity index (χ4v) is 1.35. The molecule has 1 saturated carbocycles. The number of hydrogen-bond donors (Lipinski definition) is 0. The first kappa shape index (κ1) is 8.57. The lowest BCUT2D eigenvalue weighted by atomic mass is 10.1. The Balaban J connectivity index is 2.12. The van der Waals surface area contributed by atoms with E-state index < -0.39 is 0 Å². The predicted molar refractivity (Wildman–Crippen MR) is 46.7 cm³/mol. The van der Waals surface area contributed by atoms with Gasteiger partial charge in [0.1, 0.15) is 6.10 Å². The molecule has 0 spiro atoms. The van der Waals surface area contributed by atoms with Crippen molar-refractivity contribution in [3.05, 3.63) is 0 Å². The molecule has 2 nitrogen and oxygen atoms in total. The van der Waals surface area contributed by atoms with Crippen molar-refractivity contribution in [3.8, 4) is 0 Å². The molecule has 0 atom stereocenters. The van der Waals surface area contributed by atoms with Gasteiger partial charge in [-0.05, 0) is 32.6 Å². The number of hydrogen-bond acceptors (Lipinski definition) is 2. The molecule has 64 valence electrons. The third-order valence-electron chi connectivity index (χ3n) is 1.94. The van der Waals surface area contributed by atoms with Crippen LogP contribution >= 0.6 is 0 Å². The number of oxime groups is 1. The van der Waals surface area contributed by atoms with Crippen molar-refractivity contribution >= 4 is 6.21 Å². The van der Waals surface area contributed by atoms with Crippen LogP contribution in [-0.4, -0.2) is 12.3 Å². The summed E-state index contributed by atoms with van der Waals surface area (Å²) in [5.41, 5.74) is 0. The molecule has 0 bridgehead atoms. The van der Waals surface area contributed by atoms with Crippen molar-refractivity contribution < 1.29 is 4.84 Å². The second-order valence-electron chi connectivity index (χ2n) is 3.45. The minimum absolute atomic E-state index is 0.215. The molecular formula is C9H17NO. The molecule has 0 amide bonds.